The first-order chi connectivity index (χ1) is 27.3. The first kappa shape index (κ1) is 39.3. The third-order valence-electron chi connectivity index (χ3n) is 10.4. The van der Waals surface area contributed by atoms with Crippen LogP contribution in [-0.2, 0) is 31.7 Å². The van der Waals surface area contributed by atoms with Crippen LogP contribution in [0.1, 0.15) is 75.6 Å². The van der Waals surface area contributed by atoms with E-state index < -0.39 is 0 Å². The molecule has 7 rings (SSSR count). The van der Waals surface area contributed by atoms with Crippen LogP contribution in [0.2, 0.25) is 0 Å². The van der Waals surface area contributed by atoms with Crippen molar-refractivity contribution < 1.29 is 28.7 Å². The van der Waals surface area contributed by atoms with E-state index in [2.05, 4.69) is 34.6 Å². The van der Waals surface area contributed by atoms with Crippen LogP contribution < -0.4 is 30.3 Å². The van der Waals surface area contributed by atoms with Crippen molar-refractivity contribution in [2.45, 2.75) is 56.7 Å². The van der Waals surface area contributed by atoms with Crippen LogP contribution in [0.3, 0.4) is 0 Å². The third kappa shape index (κ3) is 8.73. The molecular formula is C44H48N6O6S. The van der Waals surface area contributed by atoms with Crippen LogP contribution in [0.25, 0.3) is 11.1 Å². The van der Waals surface area contributed by atoms with Gasteiger partial charge in [0.15, 0.2) is 11.5 Å². The summed E-state index contributed by atoms with van der Waals surface area (Å²) in [5.41, 5.74) is 7.52. The van der Waals surface area contributed by atoms with Crippen LogP contribution in [0, 0.1) is 0 Å². The molecule has 2 aliphatic heterocycles. The number of hydrogen-bond donors (Lipinski definition) is 4. The monoisotopic (exact) mass is 788 g/mol. The van der Waals surface area contributed by atoms with Gasteiger partial charge in [0.05, 0.1) is 19.4 Å². The van der Waals surface area contributed by atoms with Gasteiger partial charge in [-0.05, 0) is 98.7 Å². The predicted molar refractivity (Wildman–Crippen MR) is 225 cm³/mol. The lowest BCUT2D eigenvalue weighted by atomic mass is 9.99. The van der Waals surface area contributed by atoms with E-state index in [0.29, 0.717) is 52.8 Å². The van der Waals surface area contributed by atoms with Gasteiger partial charge in [0.1, 0.15) is 11.4 Å². The van der Waals surface area contributed by atoms with Crippen molar-refractivity contribution in [2.75, 3.05) is 35.8 Å². The number of nitrogens with zero attached hydrogens (tertiary/aromatic N) is 3. The van der Waals surface area contributed by atoms with Crippen molar-refractivity contribution in [2.24, 2.45) is 14.1 Å². The van der Waals surface area contributed by atoms with E-state index in [-0.39, 0.29) is 47.4 Å². The molecule has 0 unspecified atom stereocenters. The molecule has 0 bridgehead atoms. The maximum atomic E-state index is 13.8. The number of rotatable bonds is 13. The Kier molecular flexibility index (Phi) is 11.2. The number of carbonyl (C=O) groups is 4. The minimum Gasteiger partial charge on any atom is -0.493 e. The van der Waals surface area contributed by atoms with Gasteiger partial charge < -0.3 is 39.5 Å². The third-order valence-corrected chi connectivity index (χ3v) is 10.5. The van der Waals surface area contributed by atoms with Gasteiger partial charge in [-0.1, -0.05) is 30.3 Å². The summed E-state index contributed by atoms with van der Waals surface area (Å²) in [6, 6.07) is 22.7. The number of anilines is 3. The van der Waals surface area contributed by atoms with Crippen LogP contribution >= 0.6 is 12.6 Å². The zero-order valence-electron chi connectivity index (χ0n) is 32.8. The lowest BCUT2D eigenvalue weighted by molar-refractivity contribution is -0.116. The molecule has 0 saturated carbocycles. The first-order valence-electron chi connectivity index (χ1n) is 19.1. The molecule has 0 spiro atoms. The van der Waals surface area contributed by atoms with Gasteiger partial charge in [-0.2, -0.15) is 12.6 Å². The van der Waals surface area contributed by atoms with Gasteiger partial charge in [-0.3, -0.25) is 19.2 Å². The van der Waals surface area contributed by atoms with E-state index >= 15 is 0 Å². The number of hydrogen-bond acceptors (Lipinski definition) is 7. The highest BCUT2D eigenvalue weighted by Gasteiger charge is 2.37. The Balaban J connectivity index is 0.900. The van der Waals surface area contributed by atoms with Gasteiger partial charge in [-0.15, -0.1) is 0 Å². The van der Waals surface area contributed by atoms with Crippen molar-refractivity contribution >= 4 is 53.3 Å². The Morgan fingerprint density at radius 3 is 2.33 bits per heavy atom. The lowest BCUT2D eigenvalue weighted by Crippen LogP contribution is -2.36. The molecule has 57 heavy (non-hydrogen) atoms. The normalized spacial score (nSPS) is 14.6. The molecule has 4 heterocycles. The lowest BCUT2D eigenvalue weighted by Gasteiger charge is -2.23. The van der Waals surface area contributed by atoms with E-state index in [0.717, 1.165) is 41.6 Å². The van der Waals surface area contributed by atoms with Gasteiger partial charge in [0, 0.05) is 72.7 Å². The van der Waals surface area contributed by atoms with E-state index in [1.165, 1.54) is 5.56 Å². The largest absolute Gasteiger partial charge is 0.493 e. The number of methoxy groups -OCH3 is 1. The molecular weight excluding hydrogens is 741 g/mol. The van der Waals surface area contributed by atoms with Crippen molar-refractivity contribution in [1.82, 2.24) is 14.5 Å². The number of amides is 4. The molecule has 2 aromatic heterocycles. The zero-order valence-corrected chi connectivity index (χ0v) is 33.7. The fourth-order valence-corrected chi connectivity index (χ4v) is 7.55. The summed E-state index contributed by atoms with van der Waals surface area (Å²) in [6.07, 6.45) is 6.67. The smallest absolute Gasteiger partial charge is 0.272 e. The Labute approximate surface area is 337 Å². The summed E-state index contributed by atoms with van der Waals surface area (Å²) in [5, 5.41) is 8.72. The van der Waals surface area contributed by atoms with Gasteiger partial charge >= 0.3 is 0 Å². The van der Waals surface area contributed by atoms with Crippen LogP contribution in [0.4, 0.5) is 17.1 Å². The highest BCUT2D eigenvalue weighted by molar-refractivity contribution is 7.81. The molecule has 0 aliphatic carbocycles. The van der Waals surface area contributed by atoms with Crippen molar-refractivity contribution in [1.29, 1.82) is 0 Å². The number of aryl methyl sites for hydroxylation is 3. The molecule has 0 fully saturated rings. The van der Waals surface area contributed by atoms with Crippen LogP contribution in [-0.4, -0.2) is 63.8 Å². The quantitative estimate of drug-likeness (QED) is 0.0747. The Morgan fingerprint density at radius 1 is 0.842 bits per heavy atom. The fraction of sp³-hybridized carbons (Fsp3) is 0.318. The van der Waals surface area contributed by atoms with E-state index in [1.807, 2.05) is 74.5 Å². The maximum absolute atomic E-state index is 13.8. The van der Waals surface area contributed by atoms with Gasteiger partial charge in [-0.25, -0.2) is 0 Å². The van der Waals surface area contributed by atoms with Gasteiger partial charge in [0.25, 0.3) is 17.7 Å². The van der Waals surface area contributed by atoms with Crippen LogP contribution in [0.15, 0.2) is 85.2 Å². The number of benzene rings is 3. The number of aromatic nitrogens is 2. The summed E-state index contributed by atoms with van der Waals surface area (Å²) in [6.45, 7) is 4.58. The second-order valence-corrected chi connectivity index (χ2v) is 16.5. The van der Waals surface area contributed by atoms with Gasteiger partial charge in [0.2, 0.25) is 5.91 Å². The van der Waals surface area contributed by atoms with E-state index in [9.17, 15) is 19.2 Å². The Morgan fingerprint density at radius 2 is 1.58 bits per heavy atom. The molecule has 12 nitrogen and oxygen atoms in total. The second-order valence-electron chi connectivity index (χ2n) is 15.3. The molecule has 3 aromatic carbocycles. The first-order valence-corrected chi connectivity index (χ1v) is 19.5. The Bertz CT molecular complexity index is 2340. The van der Waals surface area contributed by atoms with E-state index in [1.54, 1.807) is 53.8 Å². The standard InChI is InChI=1S/C44H48N6O6S/c1-44(2,57)26-45-41(52)36-20-30(24-48(36)3)27-12-15-31(16-13-27)47-42(53)37-22-32(25-49(37)4)46-40(51)11-8-18-56-39-21-28-14-17-33-19-29-9-6-7-10-35(29)50(33)43(54)34(28)23-38(39)55-5/h6-7,9-10,12-13,15-16,20-25,33,57H,8,11,14,17-19,26H2,1-5H3,(H,45,52)(H,46,51)(H,47,53)/t33-/m1/s1. The topological polar surface area (TPSA) is 136 Å². The minimum atomic E-state index is -0.327. The van der Waals surface area contributed by atoms with Crippen molar-refractivity contribution in [3.05, 3.63) is 113 Å². The molecule has 2 aliphatic rings. The highest BCUT2D eigenvalue weighted by Crippen LogP contribution is 2.40. The molecule has 0 radical (unpaired) electrons. The number of para-hydroxylation sites is 1. The Hall–Kier alpha value is -5.95. The summed E-state index contributed by atoms with van der Waals surface area (Å²) < 4.78 is 14.8. The SMILES string of the molecule is COc1cc2c(cc1OCCCC(=O)Nc1cc(C(=O)Nc3ccc(-c4cc(C(=O)NCC(C)(C)S)n(C)c4)cc3)n(C)c1)CC[C@@H]1Cc3ccccc3N1C2=O. The number of nitrogens with one attached hydrogen (secondary N) is 3. The fourth-order valence-electron chi connectivity index (χ4n) is 7.47. The summed E-state index contributed by atoms with van der Waals surface area (Å²) in [4.78, 5) is 54.5. The highest BCUT2D eigenvalue weighted by atomic mass is 32.1. The summed E-state index contributed by atoms with van der Waals surface area (Å²) in [7, 11) is 5.12. The van der Waals surface area contributed by atoms with Crippen LogP contribution in [0.5, 0.6) is 11.5 Å². The number of thiol groups is 1. The molecule has 4 amide bonds. The van der Waals surface area contributed by atoms with Crippen molar-refractivity contribution in [3.8, 4) is 22.6 Å². The minimum absolute atomic E-state index is 0.0224. The molecule has 13 heteroatoms. The number of ether oxygens (including phenoxy) is 2. The number of fused-ring (bicyclic) bond motifs is 4. The number of carbonyl (C=O) groups excluding carboxylic acids is 4. The molecule has 1 atom stereocenters. The summed E-state index contributed by atoms with van der Waals surface area (Å²) >= 11 is 4.48. The molecule has 5 aromatic rings. The zero-order chi connectivity index (χ0) is 40.4. The van der Waals surface area contributed by atoms with E-state index in [4.69, 9.17) is 9.47 Å². The molecule has 0 saturated heterocycles. The second kappa shape index (κ2) is 16.3. The van der Waals surface area contributed by atoms with Crippen molar-refractivity contribution in [3.63, 3.8) is 0 Å². The average molecular weight is 789 g/mol. The summed E-state index contributed by atoms with van der Waals surface area (Å²) in [5.74, 6) is 0.288. The molecule has 296 valence electrons. The average Bonchev–Trinajstić information content (AvgIpc) is 3.85. The maximum Gasteiger partial charge on any atom is 0.272 e. The predicted octanol–water partition coefficient (Wildman–Crippen LogP) is 7.05. The molecule has 3 N–H and O–H groups in total.